The number of carboxylic acid groups (broad SMARTS) is 1. The number of anilines is 1. The maximum atomic E-state index is 12.1. The van der Waals surface area contributed by atoms with Crippen molar-refractivity contribution in [3.05, 3.63) is 42.0 Å². The number of oxime groups is 1. The van der Waals surface area contributed by atoms with Crippen molar-refractivity contribution < 1.29 is 19.9 Å². The van der Waals surface area contributed by atoms with Crippen molar-refractivity contribution in [3.8, 4) is 0 Å². The molecule has 0 aliphatic rings. The van der Waals surface area contributed by atoms with Gasteiger partial charge in [0.15, 0.2) is 0 Å². The summed E-state index contributed by atoms with van der Waals surface area (Å²) in [7, 11) is 0. The number of allylic oxidation sites excluding steroid dienone is 2. The first-order valence-electron chi connectivity index (χ1n) is 13.0. The number of hydrogen-bond acceptors (Lipinski definition) is 4. The van der Waals surface area contributed by atoms with Crippen molar-refractivity contribution in [2.75, 3.05) is 5.32 Å². The lowest BCUT2D eigenvalue weighted by Crippen LogP contribution is -2.11. The summed E-state index contributed by atoms with van der Waals surface area (Å²) in [5.41, 5.74) is 1.63. The van der Waals surface area contributed by atoms with Gasteiger partial charge < -0.3 is 15.6 Å². The lowest BCUT2D eigenvalue weighted by Gasteiger charge is -2.07. The fourth-order valence-corrected chi connectivity index (χ4v) is 3.80. The molecule has 1 amide bonds. The minimum atomic E-state index is -0.944. The lowest BCUT2D eigenvalue weighted by atomic mass is 10.1. The van der Waals surface area contributed by atoms with Crippen LogP contribution in [0.15, 0.2) is 41.6 Å². The smallest absolute Gasteiger partial charge is 0.303 e. The Hall–Kier alpha value is -2.63. The van der Waals surface area contributed by atoms with Gasteiger partial charge in [0.1, 0.15) is 0 Å². The molecule has 6 nitrogen and oxygen atoms in total. The number of amides is 1. The number of nitrogens with one attached hydrogen (secondary N) is 1. The van der Waals surface area contributed by atoms with E-state index in [1.165, 1.54) is 57.8 Å². The molecule has 6 heteroatoms. The van der Waals surface area contributed by atoms with Crippen LogP contribution in [0.4, 0.5) is 5.69 Å². The Kier molecular flexibility index (Phi) is 17.1. The molecule has 0 saturated carbocycles. The molecule has 1 aromatic rings. The summed E-state index contributed by atoms with van der Waals surface area (Å²) < 4.78 is 0. The quantitative estimate of drug-likeness (QED) is 0.0595. The summed E-state index contributed by atoms with van der Waals surface area (Å²) in [4.78, 5) is 22.8. The molecule has 1 aromatic carbocycles. The average molecular weight is 473 g/mol. The number of hydrogen-bond donors (Lipinski definition) is 3. The number of nitrogens with zero attached hydrogens (tertiary/aromatic N) is 1. The molecule has 3 N–H and O–H groups in total. The molecule has 190 valence electrons. The molecular weight excluding hydrogens is 428 g/mol. The number of benzene rings is 1. The van der Waals surface area contributed by atoms with E-state index in [2.05, 4.69) is 29.5 Å². The van der Waals surface area contributed by atoms with E-state index >= 15 is 0 Å². The number of carboxylic acids is 1. The molecule has 34 heavy (non-hydrogen) atoms. The predicted octanol–water partition coefficient (Wildman–Crippen LogP) is 7.71. The minimum Gasteiger partial charge on any atom is -0.481 e. The van der Waals surface area contributed by atoms with Crippen molar-refractivity contribution in [1.29, 1.82) is 0 Å². The van der Waals surface area contributed by atoms with Gasteiger partial charge in [-0.2, -0.15) is 0 Å². The number of carbonyl (C=O) groups is 2. The number of unbranched alkanes of at least 4 members (excludes halogenated alkanes) is 11. The second kappa shape index (κ2) is 19.8. The molecule has 0 heterocycles. The van der Waals surface area contributed by atoms with Crippen molar-refractivity contribution in [2.24, 2.45) is 5.16 Å². The molecule has 0 bridgehead atoms. The van der Waals surface area contributed by atoms with Crippen LogP contribution in [-0.4, -0.2) is 27.9 Å². The zero-order valence-corrected chi connectivity index (χ0v) is 20.9. The van der Waals surface area contributed by atoms with Crippen LogP contribution in [0.3, 0.4) is 0 Å². The monoisotopic (exact) mass is 472 g/mol. The highest BCUT2D eigenvalue weighted by Gasteiger charge is 2.08. The van der Waals surface area contributed by atoms with Gasteiger partial charge in [-0.05, 0) is 49.8 Å². The van der Waals surface area contributed by atoms with Crippen LogP contribution in [0.25, 0.3) is 0 Å². The summed E-state index contributed by atoms with van der Waals surface area (Å²) in [6, 6.07) is 6.90. The van der Waals surface area contributed by atoms with Gasteiger partial charge in [-0.25, -0.2) is 0 Å². The Morgan fingerprint density at radius 1 is 0.794 bits per heavy atom. The van der Waals surface area contributed by atoms with E-state index in [0.717, 1.165) is 25.7 Å². The molecule has 0 aliphatic carbocycles. The van der Waals surface area contributed by atoms with E-state index in [1.54, 1.807) is 24.3 Å². The van der Waals surface area contributed by atoms with Gasteiger partial charge >= 0.3 is 5.97 Å². The van der Waals surface area contributed by atoms with Gasteiger partial charge in [0.05, 0.1) is 12.1 Å². The largest absolute Gasteiger partial charge is 0.481 e. The van der Waals surface area contributed by atoms with Crippen LogP contribution in [-0.2, 0) is 9.59 Å². The summed E-state index contributed by atoms with van der Waals surface area (Å²) in [5, 5.41) is 23.9. The Labute approximate surface area is 205 Å². The highest BCUT2D eigenvalue weighted by atomic mass is 16.4. The van der Waals surface area contributed by atoms with Crippen molar-refractivity contribution in [2.45, 2.75) is 110 Å². The molecule has 1 rings (SSSR count). The normalized spacial score (nSPS) is 11.7. The molecule has 0 unspecified atom stereocenters. The van der Waals surface area contributed by atoms with Crippen LogP contribution in [0.1, 0.15) is 115 Å². The fraction of sp³-hybridized carbons (Fsp3) is 0.607. The molecule has 0 aromatic heterocycles. The standard InChI is InChI=1S/C28H44N2O4/c1-2-3-4-5-6-7-8-9-10-11-12-13-14-15-16-17-27(31)29-25-20-18-24(19-21-25)26(30-34)22-23-28(32)33/h9-10,18-21,34H,2-8,11-17,22-23H2,1H3,(H,29,31)(H,32,33)/b10-9-,30-26-. The van der Waals surface area contributed by atoms with Gasteiger partial charge in [0, 0.05) is 18.5 Å². The van der Waals surface area contributed by atoms with E-state index in [4.69, 9.17) is 10.3 Å². The number of aliphatic carboxylic acids is 1. The Bertz CT molecular complexity index is 741. The van der Waals surface area contributed by atoms with Crippen molar-refractivity contribution in [3.63, 3.8) is 0 Å². The maximum Gasteiger partial charge on any atom is 0.303 e. The van der Waals surface area contributed by atoms with E-state index < -0.39 is 5.97 Å². The third-order valence-electron chi connectivity index (χ3n) is 5.86. The average Bonchev–Trinajstić information content (AvgIpc) is 2.82. The first-order valence-corrected chi connectivity index (χ1v) is 13.0. The number of carbonyl (C=O) groups excluding carboxylic acids is 1. The molecule has 0 saturated heterocycles. The first-order chi connectivity index (χ1) is 16.6. The minimum absolute atomic E-state index is 0.00713. The van der Waals surface area contributed by atoms with E-state index in [1.807, 2.05) is 0 Å². The van der Waals surface area contributed by atoms with Crippen molar-refractivity contribution >= 4 is 23.3 Å². The Balaban J connectivity index is 2.07. The van der Waals surface area contributed by atoms with Crippen LogP contribution < -0.4 is 5.32 Å². The maximum absolute atomic E-state index is 12.1. The molecule has 0 aliphatic heterocycles. The third kappa shape index (κ3) is 15.3. The van der Waals surface area contributed by atoms with E-state index in [-0.39, 0.29) is 18.7 Å². The number of rotatable bonds is 20. The Morgan fingerprint density at radius 2 is 1.35 bits per heavy atom. The molecule has 0 radical (unpaired) electrons. The predicted molar refractivity (Wildman–Crippen MR) is 140 cm³/mol. The fourth-order valence-electron chi connectivity index (χ4n) is 3.80. The summed E-state index contributed by atoms with van der Waals surface area (Å²) in [5.74, 6) is -0.951. The van der Waals surface area contributed by atoms with Crippen LogP contribution in [0.5, 0.6) is 0 Å². The van der Waals surface area contributed by atoms with Crippen molar-refractivity contribution in [1.82, 2.24) is 0 Å². The van der Waals surface area contributed by atoms with Gasteiger partial charge in [-0.3, -0.25) is 9.59 Å². The second-order valence-corrected chi connectivity index (χ2v) is 8.90. The first kappa shape index (κ1) is 29.4. The van der Waals surface area contributed by atoms with Gasteiger partial charge in [-0.1, -0.05) is 87.7 Å². The van der Waals surface area contributed by atoms with E-state index in [0.29, 0.717) is 23.4 Å². The zero-order chi connectivity index (χ0) is 24.9. The molecule has 0 spiro atoms. The molecule has 0 fully saturated rings. The summed E-state index contributed by atoms with van der Waals surface area (Å²) in [6.45, 7) is 2.25. The van der Waals surface area contributed by atoms with Gasteiger partial charge in [-0.15, -0.1) is 0 Å². The summed E-state index contributed by atoms with van der Waals surface area (Å²) >= 11 is 0. The molecular formula is C28H44N2O4. The van der Waals surface area contributed by atoms with Crippen LogP contribution in [0.2, 0.25) is 0 Å². The third-order valence-corrected chi connectivity index (χ3v) is 5.86. The van der Waals surface area contributed by atoms with Gasteiger partial charge in [0.2, 0.25) is 5.91 Å². The topological polar surface area (TPSA) is 99.0 Å². The van der Waals surface area contributed by atoms with E-state index in [9.17, 15) is 9.59 Å². The highest BCUT2D eigenvalue weighted by molar-refractivity contribution is 6.01. The SMILES string of the molecule is CCCCCCCC/C=C\CCCCCCCC(=O)Nc1ccc(/C(CCC(=O)O)=N\O)cc1. The second-order valence-electron chi connectivity index (χ2n) is 8.90. The highest BCUT2D eigenvalue weighted by Crippen LogP contribution is 2.14. The lowest BCUT2D eigenvalue weighted by molar-refractivity contribution is -0.136. The zero-order valence-electron chi connectivity index (χ0n) is 20.9. The molecule has 0 atom stereocenters. The summed E-state index contributed by atoms with van der Waals surface area (Å²) in [6.07, 6.45) is 21.2. The van der Waals surface area contributed by atoms with Gasteiger partial charge in [0.25, 0.3) is 0 Å². The van der Waals surface area contributed by atoms with Crippen LogP contribution >= 0.6 is 0 Å². The Morgan fingerprint density at radius 3 is 1.91 bits per heavy atom. The van der Waals surface area contributed by atoms with Crippen LogP contribution in [0, 0.1) is 0 Å².